The molecule has 0 amide bonds. The highest BCUT2D eigenvalue weighted by atomic mass is 35.5. The van der Waals surface area contributed by atoms with Crippen molar-refractivity contribution in [3.05, 3.63) is 28.8 Å². The van der Waals surface area contributed by atoms with Crippen LogP contribution in [0.5, 0.6) is 0 Å². The molecule has 0 aliphatic carbocycles. The van der Waals surface area contributed by atoms with E-state index in [1.165, 1.54) is 0 Å². The molecule has 0 unspecified atom stereocenters. The molecule has 2 nitrogen and oxygen atoms in total. The minimum absolute atomic E-state index is 0.750. The van der Waals surface area contributed by atoms with Gasteiger partial charge in [-0.2, -0.15) is 0 Å². The smallest absolute Gasteiger partial charge is 0.0651 e. The van der Waals surface area contributed by atoms with Crippen molar-refractivity contribution < 1.29 is 0 Å². The molecule has 0 aromatic heterocycles. The Kier molecular flexibility index (Phi) is 3.38. The van der Waals surface area contributed by atoms with Crippen LogP contribution in [-0.2, 0) is 0 Å². The van der Waals surface area contributed by atoms with Crippen LogP contribution in [-0.4, -0.2) is 38.1 Å². The van der Waals surface area contributed by atoms with Gasteiger partial charge in [-0.05, 0) is 25.2 Å². The van der Waals surface area contributed by atoms with Crippen LogP contribution in [0.25, 0.3) is 0 Å². The molecule has 0 radical (unpaired) electrons. The van der Waals surface area contributed by atoms with Gasteiger partial charge < -0.3 is 9.80 Å². The topological polar surface area (TPSA) is 6.48 Å². The first-order chi connectivity index (χ1) is 7.70. The SMILES string of the molecule is C#Cc1ccc(N2CCN(C)CC2)c(Cl)c1. The molecule has 0 saturated carbocycles. The quantitative estimate of drug-likeness (QED) is 0.687. The first-order valence-corrected chi connectivity index (χ1v) is 5.78. The molecule has 1 saturated heterocycles. The van der Waals surface area contributed by atoms with Crippen LogP contribution in [0.15, 0.2) is 18.2 Å². The number of terminal acetylenes is 1. The lowest BCUT2D eigenvalue weighted by atomic mass is 10.2. The highest BCUT2D eigenvalue weighted by Crippen LogP contribution is 2.27. The lowest BCUT2D eigenvalue weighted by Gasteiger charge is -2.34. The Morgan fingerprint density at radius 3 is 2.50 bits per heavy atom. The van der Waals surface area contributed by atoms with E-state index in [1.54, 1.807) is 0 Å². The van der Waals surface area contributed by atoms with Crippen LogP contribution in [0.4, 0.5) is 5.69 Å². The van der Waals surface area contributed by atoms with Gasteiger partial charge >= 0.3 is 0 Å². The fourth-order valence-corrected chi connectivity index (χ4v) is 2.20. The number of hydrogen-bond acceptors (Lipinski definition) is 2. The summed E-state index contributed by atoms with van der Waals surface area (Å²) in [5, 5.41) is 0.750. The third-order valence-corrected chi connectivity index (χ3v) is 3.26. The van der Waals surface area contributed by atoms with Gasteiger partial charge in [-0.25, -0.2) is 0 Å². The maximum atomic E-state index is 6.23. The van der Waals surface area contributed by atoms with Crippen LogP contribution in [0.1, 0.15) is 5.56 Å². The molecule has 2 rings (SSSR count). The van der Waals surface area contributed by atoms with Gasteiger partial charge in [-0.3, -0.25) is 0 Å². The molecule has 0 spiro atoms. The number of hydrogen-bond donors (Lipinski definition) is 0. The number of likely N-dealkylation sites (N-methyl/N-ethyl adjacent to an activating group) is 1. The number of rotatable bonds is 1. The maximum absolute atomic E-state index is 6.23. The Bertz CT molecular complexity index is 414. The molecule has 1 aromatic carbocycles. The fourth-order valence-electron chi connectivity index (χ4n) is 1.90. The Labute approximate surface area is 102 Å². The predicted molar refractivity (Wildman–Crippen MR) is 69.1 cm³/mol. The molecule has 16 heavy (non-hydrogen) atoms. The standard InChI is InChI=1S/C13H15ClN2/c1-3-11-4-5-13(12(14)10-11)16-8-6-15(2)7-9-16/h1,4-5,10H,6-9H2,2H3. The van der Waals surface area contributed by atoms with E-state index in [1.807, 2.05) is 18.2 Å². The summed E-state index contributed by atoms with van der Waals surface area (Å²) in [6.07, 6.45) is 5.34. The van der Waals surface area contributed by atoms with Gasteiger partial charge in [-0.1, -0.05) is 17.5 Å². The summed E-state index contributed by atoms with van der Waals surface area (Å²) >= 11 is 6.23. The van der Waals surface area contributed by atoms with Crippen molar-refractivity contribution in [1.82, 2.24) is 4.90 Å². The Morgan fingerprint density at radius 1 is 1.25 bits per heavy atom. The molecule has 3 heteroatoms. The Morgan fingerprint density at radius 2 is 1.94 bits per heavy atom. The summed E-state index contributed by atoms with van der Waals surface area (Å²) in [5.74, 6) is 2.59. The first-order valence-electron chi connectivity index (χ1n) is 5.40. The van der Waals surface area contributed by atoms with E-state index in [0.717, 1.165) is 42.5 Å². The van der Waals surface area contributed by atoms with Crippen LogP contribution in [0.2, 0.25) is 5.02 Å². The summed E-state index contributed by atoms with van der Waals surface area (Å²) in [4.78, 5) is 4.63. The number of benzene rings is 1. The van der Waals surface area contributed by atoms with Gasteiger partial charge in [-0.15, -0.1) is 6.42 Å². The number of anilines is 1. The molecule has 0 bridgehead atoms. The second kappa shape index (κ2) is 4.78. The predicted octanol–water partition coefficient (Wildman–Crippen LogP) is 2.07. The van der Waals surface area contributed by atoms with Crippen molar-refractivity contribution in [3.63, 3.8) is 0 Å². The lowest BCUT2D eigenvalue weighted by molar-refractivity contribution is 0.313. The van der Waals surface area contributed by atoms with E-state index in [4.69, 9.17) is 18.0 Å². The number of piperazine rings is 1. The molecule has 0 N–H and O–H groups in total. The average molecular weight is 235 g/mol. The van der Waals surface area contributed by atoms with Gasteiger partial charge in [0, 0.05) is 31.7 Å². The van der Waals surface area contributed by atoms with E-state index in [0.29, 0.717) is 0 Å². The van der Waals surface area contributed by atoms with E-state index in [-0.39, 0.29) is 0 Å². The zero-order valence-corrected chi connectivity index (χ0v) is 10.2. The van der Waals surface area contributed by atoms with Gasteiger partial charge in [0.1, 0.15) is 0 Å². The Hall–Kier alpha value is -1.17. The molecular formula is C13H15ClN2. The van der Waals surface area contributed by atoms with Crippen molar-refractivity contribution in [1.29, 1.82) is 0 Å². The molecule has 1 fully saturated rings. The third kappa shape index (κ3) is 2.32. The van der Waals surface area contributed by atoms with Crippen molar-refractivity contribution in [3.8, 4) is 12.3 Å². The monoisotopic (exact) mass is 234 g/mol. The Balaban J connectivity index is 2.18. The van der Waals surface area contributed by atoms with Gasteiger partial charge in [0.15, 0.2) is 0 Å². The van der Waals surface area contributed by atoms with Crippen LogP contribution in [0, 0.1) is 12.3 Å². The zero-order valence-electron chi connectivity index (χ0n) is 9.41. The zero-order chi connectivity index (χ0) is 11.5. The highest BCUT2D eigenvalue weighted by Gasteiger charge is 2.16. The van der Waals surface area contributed by atoms with E-state index in [9.17, 15) is 0 Å². The lowest BCUT2D eigenvalue weighted by Crippen LogP contribution is -2.44. The van der Waals surface area contributed by atoms with Crippen LogP contribution < -0.4 is 4.90 Å². The van der Waals surface area contributed by atoms with Gasteiger partial charge in [0.2, 0.25) is 0 Å². The molecule has 1 heterocycles. The summed E-state index contributed by atoms with van der Waals surface area (Å²) in [6.45, 7) is 4.19. The van der Waals surface area contributed by atoms with Crippen molar-refractivity contribution in [2.75, 3.05) is 38.1 Å². The van der Waals surface area contributed by atoms with Gasteiger partial charge in [0.25, 0.3) is 0 Å². The molecule has 1 aliphatic rings. The molecular weight excluding hydrogens is 220 g/mol. The van der Waals surface area contributed by atoms with Crippen molar-refractivity contribution in [2.45, 2.75) is 0 Å². The molecule has 1 aliphatic heterocycles. The summed E-state index contributed by atoms with van der Waals surface area (Å²) < 4.78 is 0. The fraction of sp³-hybridized carbons (Fsp3) is 0.385. The second-order valence-corrected chi connectivity index (χ2v) is 4.51. The first kappa shape index (κ1) is 11.3. The minimum atomic E-state index is 0.750. The minimum Gasteiger partial charge on any atom is -0.368 e. The normalized spacial score (nSPS) is 17.2. The number of nitrogens with zero attached hydrogens (tertiary/aromatic N) is 2. The summed E-state index contributed by atoms with van der Waals surface area (Å²) in [6, 6.07) is 5.82. The number of halogens is 1. The second-order valence-electron chi connectivity index (χ2n) is 4.10. The van der Waals surface area contributed by atoms with E-state index < -0.39 is 0 Å². The highest BCUT2D eigenvalue weighted by molar-refractivity contribution is 6.33. The molecule has 1 aromatic rings. The van der Waals surface area contributed by atoms with Gasteiger partial charge in [0.05, 0.1) is 10.7 Å². The van der Waals surface area contributed by atoms with Crippen molar-refractivity contribution >= 4 is 17.3 Å². The molecule has 84 valence electrons. The maximum Gasteiger partial charge on any atom is 0.0651 e. The van der Waals surface area contributed by atoms with E-state index in [2.05, 4.69) is 22.8 Å². The average Bonchev–Trinajstić information content (AvgIpc) is 2.30. The van der Waals surface area contributed by atoms with Crippen LogP contribution >= 0.6 is 11.6 Å². The van der Waals surface area contributed by atoms with E-state index >= 15 is 0 Å². The van der Waals surface area contributed by atoms with Crippen molar-refractivity contribution in [2.24, 2.45) is 0 Å². The molecule has 0 atom stereocenters. The summed E-state index contributed by atoms with van der Waals surface area (Å²) in [7, 11) is 2.14. The van der Waals surface area contributed by atoms with Crippen LogP contribution in [0.3, 0.4) is 0 Å². The third-order valence-electron chi connectivity index (χ3n) is 2.96. The largest absolute Gasteiger partial charge is 0.368 e. The summed E-state index contributed by atoms with van der Waals surface area (Å²) in [5.41, 5.74) is 1.93.